The SMILES string of the molecule is C=CCOC(=O)NCCOCCOc1c(OC)cc(C(=O)NCCC[N+]2(COC(NC(=O)OCc3ccc(OP4(=O)OCC(OP(=O)(O)O)CO4)c(C(=O)OCC(=O)C(C)C)c3)C(F)(F)F)CCCNCC2)cc1OC.[Fm].[Fm]. The number of ketones is 1. The number of alkyl carbamates (subject to hydrolysis) is 2. The molecule has 2 unspecified atom stereocenters. The number of esters is 1. The molecule has 0 spiro atoms. The first-order chi connectivity index (χ1) is 36.0. The number of quaternary nitrogens is 1. The second kappa shape index (κ2) is 31.6. The number of carbonyl (C=O) groups is 5. The molecule has 0 aromatic heterocycles. The van der Waals surface area contributed by atoms with E-state index in [0.29, 0.717) is 39.0 Å². The number of hydrogen-bond acceptors (Lipinski definition) is 20. The fourth-order valence-electron chi connectivity index (χ4n) is 6.99. The predicted octanol–water partition coefficient (Wildman–Crippen LogP) is 4.12. The van der Waals surface area contributed by atoms with Gasteiger partial charge in [-0.25, -0.2) is 23.5 Å². The van der Waals surface area contributed by atoms with Crippen molar-refractivity contribution in [1.29, 1.82) is 0 Å². The minimum Gasteiger partial charge on any atom is -0.493 e. The van der Waals surface area contributed by atoms with Crippen molar-refractivity contribution < 1.29 is 117 Å². The van der Waals surface area contributed by atoms with Gasteiger partial charge in [-0.2, -0.15) is 13.2 Å². The average molecular weight is 1640 g/mol. The third kappa shape index (κ3) is 22.2. The van der Waals surface area contributed by atoms with Crippen LogP contribution >= 0.6 is 15.6 Å². The number of nitrogens with one attached hydrogen (secondary N) is 4. The van der Waals surface area contributed by atoms with Gasteiger partial charge in [-0.3, -0.25) is 37.7 Å². The maximum Gasteiger partial charge on any atom is 0.530 e. The van der Waals surface area contributed by atoms with Crippen LogP contribution in [0.3, 0.4) is 0 Å². The van der Waals surface area contributed by atoms with Crippen LogP contribution in [0.4, 0.5) is 22.8 Å². The maximum atomic E-state index is 14.5. The number of phosphoric ester groups is 2. The van der Waals surface area contributed by atoms with Gasteiger partial charge in [0.25, 0.3) is 5.91 Å². The number of benzene rings is 2. The summed E-state index contributed by atoms with van der Waals surface area (Å²) in [5.41, 5.74) is -0.350. The molecule has 2 aromatic carbocycles. The van der Waals surface area contributed by atoms with E-state index in [0.717, 1.165) is 12.1 Å². The van der Waals surface area contributed by atoms with Crippen molar-refractivity contribution in [1.82, 2.24) is 21.3 Å². The Morgan fingerprint density at radius 2 is 1.62 bits per heavy atom. The molecule has 6 N–H and O–H groups in total. The Kier molecular flexibility index (Phi) is 26.9. The molecule has 450 valence electrons. The molecule has 4 rings (SSSR count). The molecule has 2 aliphatic heterocycles. The van der Waals surface area contributed by atoms with Crippen LogP contribution in [-0.4, -0.2) is 176 Å². The quantitative estimate of drug-likeness (QED) is 0.0122. The molecular formula is C45H65F3Fm2N5O21P2+. The largest absolute Gasteiger partial charge is 0.530 e. The van der Waals surface area contributed by atoms with Crippen LogP contribution < -0.4 is 40.0 Å². The van der Waals surface area contributed by atoms with Crippen LogP contribution in [0.25, 0.3) is 0 Å². The van der Waals surface area contributed by atoms with Gasteiger partial charge in [0.05, 0.1) is 60.3 Å². The summed E-state index contributed by atoms with van der Waals surface area (Å²) in [4.78, 5) is 81.3. The van der Waals surface area contributed by atoms with Gasteiger partial charge in [0, 0.05) is 50.5 Å². The third-order valence-electron chi connectivity index (χ3n) is 10.9. The molecule has 2 atom stereocenters. The predicted molar refractivity (Wildman–Crippen MR) is 257 cm³/mol. The Morgan fingerprint density at radius 3 is 2.24 bits per heavy atom. The van der Waals surface area contributed by atoms with Crippen LogP contribution in [0.15, 0.2) is 43.0 Å². The summed E-state index contributed by atoms with van der Waals surface area (Å²) in [6.45, 7) is 6.15. The van der Waals surface area contributed by atoms with Crippen molar-refractivity contribution >= 4 is 45.5 Å². The zero-order valence-corrected chi connectivity index (χ0v) is 49.4. The van der Waals surface area contributed by atoms with Crippen molar-refractivity contribution in [2.24, 2.45) is 5.92 Å². The number of phosphoric acid groups is 2. The monoisotopic (exact) mass is 1640 g/mol. The minimum atomic E-state index is -5.12. The topological polar surface area (TPSA) is 319 Å². The number of rotatable bonds is 30. The molecule has 2 aromatic rings. The van der Waals surface area contributed by atoms with Gasteiger partial charge in [-0.1, -0.05) is 32.6 Å². The molecule has 2 fully saturated rings. The van der Waals surface area contributed by atoms with Crippen molar-refractivity contribution in [2.75, 3.05) is 113 Å². The van der Waals surface area contributed by atoms with Crippen LogP contribution in [0.5, 0.6) is 23.0 Å². The standard InChI is InChI=1S/C45H64F3N5O21P2.2Fm/c1-6-18-67-43(57)51-14-19-65-20-21-66-39-37(63-4)23-32(24-38(39)64-5)40(55)50-12-8-16-53(15-7-11-49-13-17-53)29-70-42(45(46,47)48)52-44(58)69-25-31-9-10-36(34(22-31)41(56)68-28-35(54)30(2)3)74-76(62)71-26-33(27-72-76)73-75(59,60)61;;/h6,9-10,22-24,30,33,42,49H,1,7-8,11-21,25-29H2,2-5H3,(H4-,50,51,52,55,57,58,59,60,61);;/p+1. The summed E-state index contributed by atoms with van der Waals surface area (Å²) in [5.74, 6) is -2.59. The van der Waals surface area contributed by atoms with Crippen LogP contribution in [0, 0.1) is 5.92 Å². The van der Waals surface area contributed by atoms with E-state index >= 15 is 0 Å². The van der Waals surface area contributed by atoms with Gasteiger partial charge >= 0.3 is 40.0 Å². The van der Waals surface area contributed by atoms with Gasteiger partial charge in [0.15, 0.2) is 30.6 Å². The number of nitrogens with zero attached hydrogens (tertiary/aromatic N) is 1. The maximum absolute atomic E-state index is 14.5. The van der Waals surface area contributed by atoms with E-state index in [1.54, 1.807) is 19.2 Å². The minimum absolute atomic E-state index is 0. The van der Waals surface area contributed by atoms with E-state index in [-0.39, 0.29) is 78.9 Å². The summed E-state index contributed by atoms with van der Waals surface area (Å²) < 4.78 is 130. The Balaban J connectivity index is 0.0000104. The van der Waals surface area contributed by atoms with Gasteiger partial charge in [0.2, 0.25) is 12.0 Å². The van der Waals surface area contributed by atoms with Crippen molar-refractivity contribution in [3.05, 3.63) is 59.7 Å². The molecule has 3 amide bonds. The van der Waals surface area contributed by atoms with Crippen molar-refractivity contribution in [3.8, 4) is 23.0 Å². The average Bonchev–Trinajstić information content (AvgIpc) is 3.62. The van der Waals surface area contributed by atoms with E-state index in [1.807, 2.05) is 0 Å². The van der Waals surface area contributed by atoms with Crippen LogP contribution in [0.2, 0.25) is 0 Å². The molecule has 33 heteroatoms. The number of alkyl halides is 3. The van der Waals surface area contributed by atoms with Gasteiger partial charge < -0.3 is 63.4 Å². The summed E-state index contributed by atoms with van der Waals surface area (Å²) in [6, 6.07) is 6.17. The summed E-state index contributed by atoms with van der Waals surface area (Å²) >= 11 is 0. The number of hydrogen-bond donors (Lipinski definition) is 6. The Labute approximate surface area is 435 Å². The Morgan fingerprint density at radius 1 is 0.923 bits per heavy atom. The normalized spacial score (nSPS) is 18.8. The Hall–Kier alpha value is -7.58. The smallest absolute Gasteiger partial charge is 0.493 e. The van der Waals surface area contributed by atoms with E-state index in [4.69, 9.17) is 61.3 Å². The number of halogens is 3. The molecule has 0 radical (unpaired) electrons. The second-order valence-corrected chi connectivity index (χ2v) is 19.8. The molecule has 0 bridgehead atoms. The number of methoxy groups -OCH3 is 2. The molecule has 26 nitrogen and oxygen atoms in total. The molecule has 0 aliphatic carbocycles. The zero-order chi connectivity index (χ0) is 55.9. The van der Waals surface area contributed by atoms with Crippen LogP contribution in [-0.2, 0) is 57.8 Å². The number of ether oxygens (including phenoxy) is 8. The molecule has 2 saturated heterocycles. The molecule has 2 heterocycles. The van der Waals surface area contributed by atoms with E-state index in [2.05, 4.69) is 27.1 Å². The first kappa shape index (κ1) is 66.5. The first-order valence-electron chi connectivity index (χ1n) is 23.6. The zero-order valence-electron chi connectivity index (χ0n) is 42.8. The number of carbonyl (C=O) groups excluding carboxylic acids is 5. The Bertz CT molecular complexity index is 2350. The van der Waals surface area contributed by atoms with Crippen molar-refractivity contribution in [2.45, 2.75) is 51.8 Å². The number of Topliss-reactive ketones (excluding diaryl/α,β-unsaturated/α-hetero) is 1. The fourth-order valence-corrected chi connectivity index (χ4v) is 8.78. The van der Waals surface area contributed by atoms with E-state index < -0.39 is 114 Å². The fraction of sp³-hybridized carbons (Fsp3) is 0.578. The van der Waals surface area contributed by atoms with Gasteiger partial charge in [-0.05, 0) is 29.8 Å². The second-order valence-electron chi connectivity index (χ2n) is 17.0. The summed E-state index contributed by atoms with van der Waals surface area (Å²) in [5, 5.41) is 10.2. The first-order valence-corrected chi connectivity index (χ1v) is 26.6. The van der Waals surface area contributed by atoms with E-state index in [1.165, 1.54) is 38.5 Å². The van der Waals surface area contributed by atoms with Crippen LogP contribution in [0.1, 0.15) is 53.0 Å². The number of amides is 3. The summed E-state index contributed by atoms with van der Waals surface area (Å²) in [6.07, 6.45) is -9.15. The van der Waals surface area contributed by atoms with Gasteiger partial charge in [0.1, 0.15) is 37.2 Å². The third-order valence-corrected chi connectivity index (χ3v) is 12.8. The van der Waals surface area contributed by atoms with Gasteiger partial charge in [-0.15, -0.1) is 0 Å². The molecule has 0 saturated carbocycles. The molecular weight excluding hydrogens is 1580 g/mol. The summed E-state index contributed by atoms with van der Waals surface area (Å²) in [7, 11) is -6.79. The van der Waals surface area contributed by atoms with Crippen molar-refractivity contribution in [3.63, 3.8) is 0 Å². The molecule has 2 aliphatic rings. The van der Waals surface area contributed by atoms with E-state index in [9.17, 15) is 46.3 Å². The molecule has 78 heavy (non-hydrogen) atoms.